The third-order valence-electron chi connectivity index (χ3n) is 5.43. The highest BCUT2D eigenvalue weighted by molar-refractivity contribution is 5.85. The number of hydrogen-bond donors (Lipinski definition) is 1. The number of halogens is 1. The van der Waals surface area contributed by atoms with Crippen LogP contribution in [0.2, 0.25) is 0 Å². The summed E-state index contributed by atoms with van der Waals surface area (Å²) < 4.78 is 2.25. The number of para-hydroxylation sites is 2. The number of aryl methyl sites for hydroxylation is 1. The van der Waals surface area contributed by atoms with E-state index in [0.717, 1.165) is 12.1 Å². The van der Waals surface area contributed by atoms with Gasteiger partial charge in [0.05, 0.1) is 17.6 Å². The molecule has 1 spiro atoms. The molecule has 1 aromatic heterocycles. The van der Waals surface area contributed by atoms with E-state index in [0.29, 0.717) is 5.41 Å². The fourth-order valence-corrected chi connectivity index (χ4v) is 4.06. The van der Waals surface area contributed by atoms with E-state index in [1.54, 1.807) is 0 Å². The normalized spacial score (nSPS) is 21.3. The summed E-state index contributed by atoms with van der Waals surface area (Å²) in [7, 11) is 2.14. The first-order valence-corrected chi connectivity index (χ1v) is 8.09. The van der Waals surface area contributed by atoms with Crippen LogP contribution in [0.15, 0.2) is 24.3 Å². The first kappa shape index (κ1) is 15.8. The van der Waals surface area contributed by atoms with Crippen molar-refractivity contribution in [3.05, 3.63) is 30.1 Å². The molecule has 5 heteroatoms. The van der Waals surface area contributed by atoms with Gasteiger partial charge in [0.2, 0.25) is 0 Å². The number of benzene rings is 1. The van der Waals surface area contributed by atoms with Crippen molar-refractivity contribution < 1.29 is 0 Å². The van der Waals surface area contributed by atoms with E-state index in [-0.39, 0.29) is 12.4 Å². The second-order valence-electron chi connectivity index (χ2n) is 6.79. The average molecular weight is 321 g/mol. The lowest BCUT2D eigenvalue weighted by molar-refractivity contribution is 0.192. The monoisotopic (exact) mass is 320 g/mol. The Morgan fingerprint density at radius 2 is 1.95 bits per heavy atom. The van der Waals surface area contributed by atoms with Crippen LogP contribution < -0.4 is 5.32 Å². The number of hydrogen-bond acceptors (Lipinski definition) is 3. The Hall–Kier alpha value is -1.10. The van der Waals surface area contributed by atoms with E-state index in [1.807, 2.05) is 0 Å². The number of piperidine rings is 1. The van der Waals surface area contributed by atoms with E-state index in [9.17, 15) is 0 Å². The first-order chi connectivity index (χ1) is 10.3. The highest BCUT2D eigenvalue weighted by atomic mass is 35.5. The molecule has 0 aliphatic carbocycles. The largest absolute Gasteiger partial charge is 0.330 e. The van der Waals surface area contributed by atoms with Crippen LogP contribution in [0.5, 0.6) is 0 Å². The summed E-state index contributed by atoms with van der Waals surface area (Å²) in [6.07, 6.45) is 4.04. The summed E-state index contributed by atoms with van der Waals surface area (Å²) in [6.45, 7) is 5.85. The van der Waals surface area contributed by atoms with Gasteiger partial charge in [0.1, 0.15) is 5.82 Å². The van der Waals surface area contributed by atoms with Gasteiger partial charge in [-0.1, -0.05) is 12.1 Å². The lowest BCUT2D eigenvalue weighted by atomic mass is 9.78. The molecular weight excluding hydrogens is 296 g/mol. The Morgan fingerprint density at radius 1 is 1.18 bits per heavy atom. The summed E-state index contributed by atoms with van der Waals surface area (Å²) in [5.41, 5.74) is 2.93. The minimum atomic E-state index is 0. The summed E-state index contributed by atoms with van der Waals surface area (Å²) in [5.74, 6) is 1.20. The van der Waals surface area contributed by atoms with E-state index in [2.05, 4.69) is 46.1 Å². The van der Waals surface area contributed by atoms with Gasteiger partial charge in [0, 0.05) is 13.6 Å². The Kier molecular flexibility index (Phi) is 4.44. The summed E-state index contributed by atoms with van der Waals surface area (Å²) >= 11 is 0. The van der Waals surface area contributed by atoms with Crippen molar-refractivity contribution in [2.75, 3.05) is 26.2 Å². The molecule has 1 N–H and O–H groups in total. The molecule has 0 unspecified atom stereocenters. The molecule has 4 nitrogen and oxygen atoms in total. The number of imidazole rings is 1. The molecule has 0 atom stereocenters. The first-order valence-electron chi connectivity index (χ1n) is 8.09. The average Bonchev–Trinajstić information content (AvgIpc) is 3.03. The second-order valence-corrected chi connectivity index (χ2v) is 6.79. The fourth-order valence-electron chi connectivity index (χ4n) is 4.06. The van der Waals surface area contributed by atoms with Crippen molar-refractivity contribution in [1.82, 2.24) is 19.8 Å². The number of likely N-dealkylation sites (tertiary alicyclic amines) is 1. The van der Waals surface area contributed by atoms with Crippen LogP contribution in [0, 0.1) is 5.41 Å². The van der Waals surface area contributed by atoms with E-state index < -0.39 is 0 Å². The maximum absolute atomic E-state index is 4.82. The third-order valence-corrected chi connectivity index (χ3v) is 5.43. The van der Waals surface area contributed by atoms with Gasteiger partial charge >= 0.3 is 0 Å². The van der Waals surface area contributed by atoms with E-state index >= 15 is 0 Å². The van der Waals surface area contributed by atoms with Gasteiger partial charge in [-0.3, -0.25) is 4.90 Å². The van der Waals surface area contributed by atoms with Crippen molar-refractivity contribution in [3.63, 3.8) is 0 Å². The summed E-state index contributed by atoms with van der Waals surface area (Å²) in [6, 6.07) is 8.42. The van der Waals surface area contributed by atoms with Gasteiger partial charge in [0.15, 0.2) is 0 Å². The van der Waals surface area contributed by atoms with Crippen LogP contribution in [0.3, 0.4) is 0 Å². The number of fused-ring (bicyclic) bond motifs is 1. The molecule has 3 heterocycles. The molecule has 0 saturated carbocycles. The van der Waals surface area contributed by atoms with Gasteiger partial charge < -0.3 is 9.88 Å². The molecule has 2 aliphatic heterocycles. The molecule has 120 valence electrons. The zero-order valence-electron chi connectivity index (χ0n) is 13.2. The number of nitrogens with one attached hydrogen (secondary N) is 1. The van der Waals surface area contributed by atoms with Crippen LogP contribution in [-0.2, 0) is 13.6 Å². The highest BCUT2D eigenvalue weighted by Gasteiger charge is 2.38. The van der Waals surface area contributed by atoms with Gasteiger partial charge in [-0.15, -0.1) is 12.4 Å². The Balaban J connectivity index is 0.00000144. The van der Waals surface area contributed by atoms with Crippen LogP contribution in [0.4, 0.5) is 0 Å². The molecule has 2 aliphatic rings. The minimum absolute atomic E-state index is 0. The number of nitrogens with zero attached hydrogens (tertiary/aromatic N) is 3. The molecule has 4 rings (SSSR count). The zero-order valence-corrected chi connectivity index (χ0v) is 14.0. The maximum Gasteiger partial charge on any atom is 0.123 e. The quantitative estimate of drug-likeness (QED) is 0.923. The van der Waals surface area contributed by atoms with Crippen LogP contribution in [0.1, 0.15) is 25.1 Å². The number of rotatable bonds is 2. The van der Waals surface area contributed by atoms with Crippen LogP contribution >= 0.6 is 12.4 Å². The van der Waals surface area contributed by atoms with Crippen molar-refractivity contribution in [3.8, 4) is 0 Å². The zero-order chi connectivity index (χ0) is 14.3. The lowest BCUT2D eigenvalue weighted by Gasteiger charge is -2.33. The SMILES string of the molecule is Cl.Cn1c(CN2CCC3(CCNCC3)C2)nc2ccccc21. The maximum atomic E-state index is 4.82. The molecule has 0 amide bonds. The summed E-state index contributed by atoms with van der Waals surface area (Å²) in [5, 5.41) is 3.49. The van der Waals surface area contributed by atoms with Gasteiger partial charge in [0.25, 0.3) is 0 Å². The standard InChI is InChI=1S/C17H24N4.ClH/c1-20-15-5-3-2-4-14(15)19-16(20)12-21-11-8-17(13-21)6-9-18-10-7-17;/h2-5,18H,6-13H2,1H3;1H. The van der Waals surface area contributed by atoms with Crippen molar-refractivity contribution in [2.24, 2.45) is 12.5 Å². The molecule has 2 saturated heterocycles. The molecule has 0 bridgehead atoms. The van der Waals surface area contributed by atoms with Crippen LogP contribution in [0.25, 0.3) is 11.0 Å². The Morgan fingerprint density at radius 3 is 2.73 bits per heavy atom. The molecule has 1 aromatic carbocycles. The smallest absolute Gasteiger partial charge is 0.123 e. The topological polar surface area (TPSA) is 33.1 Å². The molecule has 2 aromatic rings. The summed E-state index contributed by atoms with van der Waals surface area (Å²) in [4.78, 5) is 7.42. The second kappa shape index (κ2) is 6.19. The predicted octanol–water partition coefficient (Wildman–Crippen LogP) is 2.57. The van der Waals surface area contributed by atoms with E-state index in [4.69, 9.17) is 4.98 Å². The highest BCUT2D eigenvalue weighted by Crippen LogP contribution is 2.39. The molecule has 0 radical (unpaired) electrons. The predicted molar refractivity (Wildman–Crippen MR) is 92.4 cm³/mol. The van der Waals surface area contributed by atoms with Gasteiger partial charge in [-0.2, -0.15) is 0 Å². The number of aromatic nitrogens is 2. The fraction of sp³-hybridized carbons (Fsp3) is 0.588. The molecule has 22 heavy (non-hydrogen) atoms. The lowest BCUT2D eigenvalue weighted by Crippen LogP contribution is -2.38. The van der Waals surface area contributed by atoms with Crippen molar-refractivity contribution in [1.29, 1.82) is 0 Å². The molecular formula is C17H25ClN4. The minimum Gasteiger partial charge on any atom is -0.330 e. The third kappa shape index (κ3) is 2.75. The van der Waals surface area contributed by atoms with E-state index in [1.165, 1.54) is 56.8 Å². The molecule has 2 fully saturated rings. The Bertz CT molecular complexity index is 645. The van der Waals surface area contributed by atoms with Gasteiger partial charge in [-0.05, 0) is 56.4 Å². The van der Waals surface area contributed by atoms with Crippen molar-refractivity contribution in [2.45, 2.75) is 25.8 Å². The Labute approximate surface area is 138 Å². The van der Waals surface area contributed by atoms with Crippen LogP contribution in [-0.4, -0.2) is 40.6 Å². The van der Waals surface area contributed by atoms with Crippen molar-refractivity contribution >= 4 is 23.4 Å². The van der Waals surface area contributed by atoms with Gasteiger partial charge in [-0.25, -0.2) is 4.98 Å².